The number of carbonyl (C=O) groups excluding carboxylic acids is 1. The van der Waals surface area contributed by atoms with Crippen LogP contribution in [-0.2, 0) is 4.79 Å². The summed E-state index contributed by atoms with van der Waals surface area (Å²) in [6.07, 6.45) is 0. The second-order valence-corrected chi connectivity index (χ2v) is 5.86. The maximum Gasteiger partial charge on any atom is 0.308 e. The van der Waals surface area contributed by atoms with Crippen LogP contribution in [0.2, 0.25) is 0 Å². The molecule has 1 aromatic heterocycles. The van der Waals surface area contributed by atoms with Crippen LogP contribution in [0.3, 0.4) is 0 Å². The highest BCUT2D eigenvalue weighted by Gasteiger charge is 2.05. The molecule has 0 unspecified atom stereocenters. The van der Waals surface area contributed by atoms with E-state index in [0.717, 1.165) is 20.7 Å². The molecule has 0 atom stereocenters. The molecule has 104 valence electrons. The number of ether oxygens (including phenoxy) is 1. The van der Waals surface area contributed by atoms with Gasteiger partial charge in [-0.25, -0.2) is 4.98 Å². The molecule has 0 bridgehead atoms. The van der Waals surface area contributed by atoms with E-state index in [0.29, 0.717) is 10.4 Å². The molecule has 0 saturated heterocycles. The monoisotopic (exact) mass is 313 g/mol. The third-order valence-electron chi connectivity index (χ3n) is 2.89. The molecule has 0 spiro atoms. The van der Waals surface area contributed by atoms with Crippen LogP contribution in [0, 0.1) is 4.64 Å². The van der Waals surface area contributed by atoms with Crippen LogP contribution in [-0.4, -0.2) is 11.0 Å². The Morgan fingerprint density at radius 2 is 1.86 bits per heavy atom. The van der Waals surface area contributed by atoms with Gasteiger partial charge in [0.1, 0.15) is 15.4 Å². The van der Waals surface area contributed by atoms with Crippen molar-refractivity contribution in [2.24, 2.45) is 0 Å². The van der Waals surface area contributed by atoms with Gasteiger partial charge in [-0.05, 0) is 30.3 Å². The Morgan fingerprint density at radius 1 is 1.14 bits per heavy atom. The van der Waals surface area contributed by atoms with Gasteiger partial charge in [0, 0.05) is 22.6 Å². The predicted octanol–water partition coefficient (Wildman–Crippen LogP) is 4.62. The molecule has 1 heterocycles. The molecule has 21 heavy (non-hydrogen) atoms. The van der Waals surface area contributed by atoms with Crippen molar-refractivity contribution in [1.29, 1.82) is 0 Å². The quantitative estimate of drug-likeness (QED) is 0.393. The topological polar surface area (TPSA) is 39.2 Å². The first-order chi connectivity index (χ1) is 10.1. The second-order valence-electron chi connectivity index (χ2n) is 4.44. The summed E-state index contributed by atoms with van der Waals surface area (Å²) in [4.78, 5) is 15.4. The van der Waals surface area contributed by atoms with Crippen molar-refractivity contribution < 1.29 is 9.53 Å². The summed E-state index contributed by atoms with van der Waals surface area (Å²) in [7, 11) is 0. The van der Waals surface area contributed by atoms with Crippen LogP contribution < -0.4 is 4.74 Å². The molecule has 0 aliphatic rings. The van der Waals surface area contributed by atoms with E-state index in [1.165, 1.54) is 6.92 Å². The Morgan fingerprint density at radius 3 is 2.57 bits per heavy atom. The minimum Gasteiger partial charge on any atom is -0.427 e. The van der Waals surface area contributed by atoms with Crippen LogP contribution >= 0.6 is 23.6 Å². The summed E-state index contributed by atoms with van der Waals surface area (Å²) in [6, 6.07) is 15.2. The van der Waals surface area contributed by atoms with Gasteiger partial charge in [0.05, 0.1) is 0 Å². The normalized spacial score (nSPS) is 10.5. The SMILES string of the molecule is CC(=O)Oc1ccc(-c2nc(=S)c3ccccc3s2)cc1. The Labute approximate surface area is 130 Å². The summed E-state index contributed by atoms with van der Waals surface area (Å²) in [5.74, 6) is 0.192. The Hall–Kier alpha value is -2.11. The van der Waals surface area contributed by atoms with E-state index in [-0.39, 0.29) is 5.97 Å². The zero-order valence-corrected chi connectivity index (χ0v) is 12.8. The zero-order valence-electron chi connectivity index (χ0n) is 11.2. The lowest BCUT2D eigenvalue weighted by Gasteiger charge is -2.04. The molecule has 0 aliphatic heterocycles. The molecule has 0 fully saturated rings. The highest BCUT2D eigenvalue weighted by Crippen LogP contribution is 2.29. The first-order valence-corrected chi connectivity index (χ1v) is 7.55. The molecule has 0 radical (unpaired) electrons. The molecule has 5 heteroatoms. The van der Waals surface area contributed by atoms with Gasteiger partial charge >= 0.3 is 5.97 Å². The number of benzene rings is 2. The van der Waals surface area contributed by atoms with Crippen molar-refractivity contribution in [2.75, 3.05) is 0 Å². The lowest BCUT2D eigenvalue weighted by atomic mass is 10.2. The number of fused-ring (bicyclic) bond motifs is 1. The van der Waals surface area contributed by atoms with E-state index in [2.05, 4.69) is 4.98 Å². The maximum atomic E-state index is 10.9. The van der Waals surface area contributed by atoms with Gasteiger partial charge in [-0.1, -0.05) is 30.4 Å². The zero-order chi connectivity index (χ0) is 14.8. The van der Waals surface area contributed by atoms with Gasteiger partial charge in [-0.2, -0.15) is 0 Å². The molecule has 0 N–H and O–H groups in total. The number of hydrogen-bond acceptors (Lipinski definition) is 5. The minimum absolute atomic E-state index is 0.331. The second kappa shape index (κ2) is 5.71. The molecular weight excluding hydrogens is 302 g/mol. The summed E-state index contributed by atoms with van der Waals surface area (Å²) < 4.78 is 6.73. The lowest BCUT2D eigenvalue weighted by molar-refractivity contribution is -0.131. The molecule has 0 amide bonds. The molecule has 0 aliphatic carbocycles. The van der Waals surface area contributed by atoms with Crippen LogP contribution in [0.15, 0.2) is 48.5 Å². The van der Waals surface area contributed by atoms with E-state index in [4.69, 9.17) is 17.0 Å². The molecule has 3 nitrogen and oxygen atoms in total. The molecule has 3 aromatic rings. The van der Waals surface area contributed by atoms with Gasteiger partial charge in [-0.15, -0.1) is 11.3 Å². The number of esters is 1. The average Bonchev–Trinajstić information content (AvgIpc) is 2.47. The minimum atomic E-state index is -0.331. The molecule has 0 saturated carbocycles. The third-order valence-corrected chi connectivity index (χ3v) is 4.30. The number of rotatable bonds is 2. The fourth-order valence-electron chi connectivity index (χ4n) is 1.97. The van der Waals surface area contributed by atoms with Crippen molar-refractivity contribution in [2.45, 2.75) is 6.92 Å². The third kappa shape index (κ3) is 2.99. The number of aromatic nitrogens is 1. The highest BCUT2D eigenvalue weighted by atomic mass is 32.1. The van der Waals surface area contributed by atoms with Gasteiger partial charge in [-0.3, -0.25) is 4.79 Å². The number of carbonyl (C=O) groups is 1. The lowest BCUT2D eigenvalue weighted by Crippen LogP contribution is -2.00. The predicted molar refractivity (Wildman–Crippen MR) is 87.2 cm³/mol. The van der Waals surface area contributed by atoms with Crippen LogP contribution in [0.25, 0.3) is 20.7 Å². The molecule has 2 aromatic carbocycles. The standard InChI is InChI=1S/C16H11NO2S2/c1-10(18)19-12-8-6-11(7-9-12)16-17-15(20)13-4-2-3-5-14(13)21-16/h2-9H,1H3. The van der Waals surface area contributed by atoms with E-state index in [1.807, 2.05) is 36.4 Å². The van der Waals surface area contributed by atoms with Crippen molar-refractivity contribution in [3.8, 4) is 16.3 Å². The Kier molecular flexibility index (Phi) is 3.77. The van der Waals surface area contributed by atoms with Gasteiger partial charge in [0.25, 0.3) is 0 Å². The van der Waals surface area contributed by atoms with Crippen LogP contribution in [0.4, 0.5) is 0 Å². The molecule has 3 rings (SSSR count). The summed E-state index contributed by atoms with van der Waals surface area (Å²) in [5.41, 5.74) is 0.952. The van der Waals surface area contributed by atoms with Crippen molar-refractivity contribution in [1.82, 2.24) is 4.98 Å². The van der Waals surface area contributed by atoms with E-state index < -0.39 is 0 Å². The van der Waals surface area contributed by atoms with Crippen molar-refractivity contribution in [3.05, 3.63) is 53.2 Å². The van der Waals surface area contributed by atoms with Crippen molar-refractivity contribution >= 4 is 39.6 Å². The first kappa shape index (κ1) is 13.9. The van der Waals surface area contributed by atoms with Crippen LogP contribution in [0.1, 0.15) is 6.92 Å². The summed E-state index contributed by atoms with van der Waals surface area (Å²) in [6.45, 7) is 1.38. The maximum absolute atomic E-state index is 10.9. The van der Waals surface area contributed by atoms with E-state index in [9.17, 15) is 4.79 Å². The van der Waals surface area contributed by atoms with Gasteiger partial charge in [0.15, 0.2) is 0 Å². The summed E-state index contributed by atoms with van der Waals surface area (Å²) in [5, 5.41) is 1.85. The highest BCUT2D eigenvalue weighted by molar-refractivity contribution is 7.71. The first-order valence-electron chi connectivity index (χ1n) is 6.32. The van der Waals surface area contributed by atoms with Crippen molar-refractivity contribution in [3.63, 3.8) is 0 Å². The average molecular weight is 313 g/mol. The Balaban J connectivity index is 2.04. The summed E-state index contributed by atoms with van der Waals surface area (Å²) >= 11 is 6.94. The Bertz CT molecular complexity index is 869. The fourth-order valence-corrected chi connectivity index (χ4v) is 3.38. The van der Waals surface area contributed by atoms with Crippen LogP contribution in [0.5, 0.6) is 5.75 Å². The fraction of sp³-hybridized carbons (Fsp3) is 0.0625. The van der Waals surface area contributed by atoms with E-state index in [1.54, 1.807) is 23.5 Å². The molecular formula is C16H11NO2S2. The smallest absolute Gasteiger partial charge is 0.308 e. The van der Waals surface area contributed by atoms with Gasteiger partial charge < -0.3 is 4.74 Å². The number of hydrogen-bond donors (Lipinski definition) is 0. The van der Waals surface area contributed by atoms with Gasteiger partial charge in [0.2, 0.25) is 0 Å². The van der Waals surface area contributed by atoms with E-state index >= 15 is 0 Å². The largest absolute Gasteiger partial charge is 0.427 e. The number of nitrogens with zero attached hydrogens (tertiary/aromatic N) is 1.